The lowest BCUT2D eigenvalue weighted by Crippen LogP contribution is -2.41. The number of alkyl halides is 5. The number of halogens is 8. The standard InChI is InChI=1S/C26H20F8O3/c1-4-35-17-9-6-13(12-16(17)27)24(3,30)37-19-11-8-15-14-7-10-18(36-5-2)22(28)20(14)25(31,32)26(33,34)21(15)23(19)29/h6-12H,4-5H2,1-3H3. The minimum atomic E-state index is -5.25. The van der Waals surface area contributed by atoms with Crippen LogP contribution >= 0.6 is 0 Å². The normalized spacial score (nSPS) is 16.8. The van der Waals surface area contributed by atoms with Gasteiger partial charge in [-0.1, -0.05) is 0 Å². The molecule has 1 aliphatic carbocycles. The highest BCUT2D eigenvalue weighted by molar-refractivity contribution is 5.78. The molecular weight excluding hydrogens is 512 g/mol. The molecule has 0 aliphatic heterocycles. The van der Waals surface area contributed by atoms with Crippen LogP contribution in [0.15, 0.2) is 42.5 Å². The molecule has 3 aromatic rings. The first kappa shape index (κ1) is 26.6. The van der Waals surface area contributed by atoms with Gasteiger partial charge in [0, 0.05) is 12.5 Å². The van der Waals surface area contributed by atoms with Crippen molar-refractivity contribution in [3.63, 3.8) is 0 Å². The minimum absolute atomic E-state index is 0.121. The molecule has 0 saturated carbocycles. The van der Waals surface area contributed by atoms with Crippen molar-refractivity contribution in [2.45, 2.75) is 38.5 Å². The van der Waals surface area contributed by atoms with Gasteiger partial charge in [-0.25, -0.2) is 13.2 Å². The quantitative estimate of drug-likeness (QED) is 0.289. The summed E-state index contributed by atoms with van der Waals surface area (Å²) in [5.74, 6) is -20.0. The van der Waals surface area contributed by atoms with Crippen LogP contribution in [0.5, 0.6) is 17.2 Å². The molecule has 1 atom stereocenters. The van der Waals surface area contributed by atoms with Crippen molar-refractivity contribution in [2.75, 3.05) is 13.2 Å². The number of ether oxygens (including phenoxy) is 3. The van der Waals surface area contributed by atoms with E-state index in [2.05, 4.69) is 0 Å². The van der Waals surface area contributed by atoms with Gasteiger partial charge in [-0.15, -0.1) is 0 Å². The topological polar surface area (TPSA) is 27.7 Å². The van der Waals surface area contributed by atoms with Crippen molar-refractivity contribution < 1.29 is 49.3 Å². The summed E-state index contributed by atoms with van der Waals surface area (Å²) in [7, 11) is 0. The van der Waals surface area contributed by atoms with Crippen molar-refractivity contribution in [2.24, 2.45) is 0 Å². The van der Waals surface area contributed by atoms with Crippen molar-refractivity contribution in [3.8, 4) is 28.4 Å². The van der Waals surface area contributed by atoms with Gasteiger partial charge in [-0.2, -0.15) is 22.0 Å². The Balaban J connectivity index is 1.82. The van der Waals surface area contributed by atoms with E-state index < -0.39 is 74.5 Å². The van der Waals surface area contributed by atoms with Gasteiger partial charge in [0.05, 0.1) is 24.3 Å². The van der Waals surface area contributed by atoms with Crippen molar-refractivity contribution in [3.05, 3.63) is 76.6 Å². The third kappa shape index (κ3) is 4.14. The van der Waals surface area contributed by atoms with E-state index in [0.717, 1.165) is 43.3 Å². The average Bonchev–Trinajstić information content (AvgIpc) is 2.81. The van der Waals surface area contributed by atoms with Crippen molar-refractivity contribution >= 4 is 0 Å². The molecule has 3 nitrogen and oxygen atoms in total. The second-order valence-corrected chi connectivity index (χ2v) is 8.28. The summed E-state index contributed by atoms with van der Waals surface area (Å²) in [6.07, 6.45) is 0. The number of hydrogen-bond donors (Lipinski definition) is 0. The summed E-state index contributed by atoms with van der Waals surface area (Å²) in [6.45, 7) is 3.80. The Morgan fingerprint density at radius 1 is 0.703 bits per heavy atom. The highest BCUT2D eigenvalue weighted by Gasteiger charge is 2.65. The van der Waals surface area contributed by atoms with Crippen LogP contribution in [0.2, 0.25) is 0 Å². The van der Waals surface area contributed by atoms with Gasteiger partial charge >= 0.3 is 11.8 Å². The van der Waals surface area contributed by atoms with E-state index in [1.807, 2.05) is 0 Å². The predicted octanol–water partition coefficient (Wildman–Crippen LogP) is 7.99. The molecule has 11 heteroatoms. The molecule has 1 unspecified atom stereocenters. The molecule has 0 aromatic heterocycles. The van der Waals surface area contributed by atoms with Crippen LogP contribution in [0, 0.1) is 17.5 Å². The van der Waals surface area contributed by atoms with Crippen LogP contribution in [-0.4, -0.2) is 13.2 Å². The fourth-order valence-electron chi connectivity index (χ4n) is 4.15. The first-order chi connectivity index (χ1) is 17.3. The molecule has 0 amide bonds. The summed E-state index contributed by atoms with van der Waals surface area (Å²) in [6, 6.07) is 6.28. The Kier molecular flexibility index (Phi) is 6.54. The van der Waals surface area contributed by atoms with E-state index in [-0.39, 0.29) is 19.0 Å². The molecule has 3 aromatic carbocycles. The second-order valence-electron chi connectivity index (χ2n) is 8.28. The zero-order chi connectivity index (χ0) is 27.3. The van der Waals surface area contributed by atoms with Crippen LogP contribution in [0.1, 0.15) is 37.5 Å². The monoisotopic (exact) mass is 532 g/mol. The molecule has 37 heavy (non-hydrogen) atoms. The smallest absolute Gasteiger partial charge is 0.343 e. The van der Waals surface area contributed by atoms with Crippen LogP contribution in [-0.2, 0) is 17.7 Å². The maximum absolute atomic E-state index is 15.4. The molecule has 0 N–H and O–H groups in total. The summed E-state index contributed by atoms with van der Waals surface area (Å²) < 4.78 is 135. The third-order valence-electron chi connectivity index (χ3n) is 5.87. The molecule has 198 valence electrons. The Morgan fingerprint density at radius 3 is 1.68 bits per heavy atom. The second kappa shape index (κ2) is 9.11. The van der Waals surface area contributed by atoms with Crippen LogP contribution in [0.4, 0.5) is 35.1 Å². The Hall–Kier alpha value is -3.50. The first-order valence-corrected chi connectivity index (χ1v) is 11.1. The predicted molar refractivity (Wildman–Crippen MR) is 117 cm³/mol. The number of fused-ring (bicyclic) bond motifs is 3. The molecule has 0 spiro atoms. The van der Waals surface area contributed by atoms with Crippen LogP contribution in [0.25, 0.3) is 11.1 Å². The molecule has 0 radical (unpaired) electrons. The Labute approximate surface area is 206 Å². The average molecular weight is 532 g/mol. The van der Waals surface area contributed by atoms with Gasteiger partial charge in [0.15, 0.2) is 34.7 Å². The summed E-state index contributed by atoms with van der Waals surface area (Å²) in [4.78, 5) is 0. The van der Waals surface area contributed by atoms with E-state index in [4.69, 9.17) is 14.2 Å². The fourth-order valence-corrected chi connectivity index (χ4v) is 4.15. The SMILES string of the molecule is CCOc1ccc(C(C)(F)Oc2ccc3c(c2F)C(F)(F)C(F)(F)c2c-3ccc(OCC)c2F)cc1F. The largest absolute Gasteiger partial charge is 0.491 e. The fraction of sp³-hybridized carbons (Fsp3) is 0.308. The lowest BCUT2D eigenvalue weighted by molar-refractivity contribution is -0.228. The van der Waals surface area contributed by atoms with E-state index in [9.17, 15) is 8.78 Å². The highest BCUT2D eigenvalue weighted by atomic mass is 19.3. The Morgan fingerprint density at radius 2 is 1.16 bits per heavy atom. The summed E-state index contributed by atoms with van der Waals surface area (Å²) >= 11 is 0. The molecule has 0 bridgehead atoms. The molecule has 0 saturated heterocycles. The number of hydrogen-bond acceptors (Lipinski definition) is 3. The van der Waals surface area contributed by atoms with Crippen molar-refractivity contribution in [1.82, 2.24) is 0 Å². The van der Waals surface area contributed by atoms with Crippen LogP contribution < -0.4 is 14.2 Å². The van der Waals surface area contributed by atoms with Crippen molar-refractivity contribution in [1.29, 1.82) is 0 Å². The molecular formula is C26H20F8O3. The maximum Gasteiger partial charge on any atom is 0.343 e. The lowest BCUT2D eigenvalue weighted by atomic mass is 9.79. The molecule has 4 rings (SSSR count). The summed E-state index contributed by atoms with van der Waals surface area (Å²) in [5, 5.41) is 0. The van der Waals surface area contributed by atoms with Gasteiger partial charge in [0.1, 0.15) is 0 Å². The number of benzene rings is 3. The molecule has 0 fully saturated rings. The van der Waals surface area contributed by atoms with E-state index in [1.165, 1.54) is 6.92 Å². The minimum Gasteiger partial charge on any atom is -0.491 e. The van der Waals surface area contributed by atoms with Gasteiger partial charge in [0.25, 0.3) is 5.85 Å². The van der Waals surface area contributed by atoms with Gasteiger partial charge in [0.2, 0.25) is 0 Å². The van der Waals surface area contributed by atoms with Gasteiger partial charge in [-0.3, -0.25) is 0 Å². The van der Waals surface area contributed by atoms with Gasteiger partial charge in [-0.05, 0) is 67.4 Å². The molecule has 1 aliphatic rings. The first-order valence-electron chi connectivity index (χ1n) is 11.1. The highest BCUT2D eigenvalue weighted by Crippen LogP contribution is 2.60. The maximum atomic E-state index is 15.4. The Bertz CT molecular complexity index is 1350. The van der Waals surface area contributed by atoms with E-state index >= 15 is 26.3 Å². The molecule has 0 heterocycles. The van der Waals surface area contributed by atoms with Gasteiger partial charge < -0.3 is 14.2 Å². The number of rotatable bonds is 7. The lowest BCUT2D eigenvalue weighted by Gasteiger charge is -2.36. The zero-order valence-electron chi connectivity index (χ0n) is 19.7. The van der Waals surface area contributed by atoms with E-state index in [1.54, 1.807) is 6.92 Å². The third-order valence-corrected chi connectivity index (χ3v) is 5.87. The zero-order valence-corrected chi connectivity index (χ0v) is 19.7. The van der Waals surface area contributed by atoms with E-state index in [0.29, 0.717) is 6.07 Å². The summed E-state index contributed by atoms with van der Waals surface area (Å²) in [5.41, 5.74) is -5.32. The van der Waals surface area contributed by atoms with Crippen LogP contribution in [0.3, 0.4) is 0 Å².